The van der Waals surface area contributed by atoms with Crippen LogP contribution in [0.4, 0.5) is 11.4 Å². The second-order valence-corrected chi connectivity index (χ2v) is 9.49. The predicted octanol–water partition coefficient (Wildman–Crippen LogP) is 0.789. The monoisotopic (exact) mass is 420 g/mol. The number of nitrogens with two attached hydrogens (primary N) is 1. The van der Waals surface area contributed by atoms with Gasteiger partial charge in [0.05, 0.1) is 44.1 Å². The van der Waals surface area contributed by atoms with Gasteiger partial charge < -0.3 is 40.5 Å². The van der Waals surface area contributed by atoms with E-state index in [1.165, 1.54) is 0 Å². The zero-order chi connectivity index (χ0) is 21.9. The molecule has 1 aromatic carbocycles. The van der Waals surface area contributed by atoms with Crippen LogP contribution in [0.3, 0.4) is 0 Å². The van der Waals surface area contributed by atoms with E-state index < -0.39 is 5.41 Å². The largest absolute Gasteiger partial charge is 0.397 e. The Morgan fingerprint density at radius 1 is 1.23 bits per heavy atom. The molecule has 0 aliphatic carbocycles. The molecule has 0 radical (unpaired) electrons. The minimum atomic E-state index is -0.404. The lowest BCUT2D eigenvalue weighted by molar-refractivity contribution is -0.217. The first kappa shape index (κ1) is 22.7. The lowest BCUT2D eigenvalue weighted by atomic mass is 9.81. The van der Waals surface area contributed by atoms with Gasteiger partial charge in [-0.1, -0.05) is 13.8 Å². The smallest absolute Gasteiger partial charge is 0.174 e. The van der Waals surface area contributed by atoms with Crippen LogP contribution in [0.1, 0.15) is 19.4 Å². The quantitative estimate of drug-likeness (QED) is 0.490. The number of rotatable bonds is 8. The molecule has 2 aliphatic heterocycles. The molecule has 0 aromatic heterocycles. The van der Waals surface area contributed by atoms with Crippen LogP contribution in [0.25, 0.3) is 5.70 Å². The molecule has 8 nitrogen and oxygen atoms in total. The van der Waals surface area contributed by atoms with Gasteiger partial charge in [0.25, 0.3) is 0 Å². The number of nitrogens with one attached hydrogen (secondary N) is 1. The van der Waals surface area contributed by atoms with Crippen molar-refractivity contribution < 1.29 is 19.7 Å². The molecule has 0 spiro atoms. The maximum Gasteiger partial charge on any atom is 0.174 e. The number of hydrogen-bond acceptors (Lipinski definition) is 8. The van der Waals surface area contributed by atoms with Gasteiger partial charge in [-0.05, 0) is 18.2 Å². The van der Waals surface area contributed by atoms with E-state index in [0.29, 0.717) is 38.5 Å². The number of hydrogen-bond donors (Lipinski definition) is 4. The van der Waals surface area contributed by atoms with E-state index in [-0.39, 0.29) is 24.9 Å². The van der Waals surface area contributed by atoms with Gasteiger partial charge in [-0.25, -0.2) is 0 Å². The molecule has 1 aromatic rings. The van der Waals surface area contributed by atoms with Gasteiger partial charge in [0.2, 0.25) is 0 Å². The van der Waals surface area contributed by atoms with Crippen molar-refractivity contribution in [3.8, 4) is 0 Å². The van der Waals surface area contributed by atoms with Crippen molar-refractivity contribution in [3.63, 3.8) is 0 Å². The van der Waals surface area contributed by atoms with E-state index in [1.807, 2.05) is 31.1 Å². The van der Waals surface area contributed by atoms with Crippen molar-refractivity contribution in [1.29, 1.82) is 0 Å². The molecule has 2 aliphatic rings. The summed E-state index contributed by atoms with van der Waals surface area (Å²) < 4.78 is 11.5. The highest BCUT2D eigenvalue weighted by atomic mass is 16.7. The van der Waals surface area contributed by atoms with Crippen LogP contribution in [0, 0.1) is 10.8 Å². The number of anilines is 2. The fourth-order valence-corrected chi connectivity index (χ4v) is 3.71. The van der Waals surface area contributed by atoms with Gasteiger partial charge in [0.1, 0.15) is 0 Å². The topological polar surface area (TPSA) is 103 Å². The molecular formula is C22H36N4O4. The van der Waals surface area contributed by atoms with Gasteiger partial charge in [0.15, 0.2) is 6.29 Å². The fourth-order valence-electron chi connectivity index (χ4n) is 3.71. The van der Waals surface area contributed by atoms with Crippen molar-refractivity contribution in [2.24, 2.45) is 16.6 Å². The zero-order valence-corrected chi connectivity index (χ0v) is 18.5. The van der Waals surface area contributed by atoms with Crippen molar-refractivity contribution in [2.75, 3.05) is 70.0 Å². The summed E-state index contributed by atoms with van der Waals surface area (Å²) in [6.07, 6.45) is 1.52. The second-order valence-electron chi connectivity index (χ2n) is 9.49. The molecule has 168 valence electrons. The lowest BCUT2D eigenvalue weighted by Crippen LogP contribution is -2.60. The Balaban J connectivity index is 1.64. The molecule has 2 heterocycles. The van der Waals surface area contributed by atoms with E-state index in [1.54, 1.807) is 6.20 Å². The third-order valence-corrected chi connectivity index (χ3v) is 5.72. The van der Waals surface area contributed by atoms with Crippen molar-refractivity contribution in [3.05, 3.63) is 30.0 Å². The van der Waals surface area contributed by atoms with Gasteiger partial charge >= 0.3 is 0 Å². The first-order chi connectivity index (χ1) is 14.2. The standard InChI is InChI=1S/C22H36N4O4/c1-21(2)14-29-20(30-15-21)9-24-8-18(23)17-6-5-16(7-19(17)25(3)4)26-10-22(11-26,12-27)13-28/h5-8,20,24,27-28H,9-15,23H2,1-4H3/b18-8-. The summed E-state index contributed by atoms with van der Waals surface area (Å²) in [4.78, 5) is 4.18. The maximum absolute atomic E-state index is 9.52. The molecule has 0 unspecified atom stereocenters. The average molecular weight is 421 g/mol. The second kappa shape index (κ2) is 9.01. The molecule has 2 saturated heterocycles. The Morgan fingerprint density at radius 2 is 1.87 bits per heavy atom. The molecule has 0 amide bonds. The highest BCUT2D eigenvalue weighted by Gasteiger charge is 2.42. The van der Waals surface area contributed by atoms with Crippen LogP contribution in [-0.2, 0) is 9.47 Å². The molecule has 2 fully saturated rings. The molecule has 0 saturated carbocycles. The van der Waals surface area contributed by atoms with Crippen molar-refractivity contribution in [1.82, 2.24) is 5.32 Å². The minimum absolute atomic E-state index is 0.00804. The van der Waals surface area contributed by atoms with Crippen LogP contribution in [-0.4, -0.2) is 76.7 Å². The molecule has 3 rings (SSSR count). The van der Waals surface area contributed by atoms with Gasteiger partial charge in [-0.3, -0.25) is 0 Å². The maximum atomic E-state index is 9.52. The van der Waals surface area contributed by atoms with Crippen LogP contribution in [0.15, 0.2) is 24.4 Å². The van der Waals surface area contributed by atoms with Gasteiger partial charge in [-0.2, -0.15) is 0 Å². The van der Waals surface area contributed by atoms with Crippen LogP contribution in [0.5, 0.6) is 0 Å². The third kappa shape index (κ3) is 5.00. The molecular weight excluding hydrogens is 384 g/mol. The van der Waals surface area contributed by atoms with E-state index >= 15 is 0 Å². The highest BCUT2D eigenvalue weighted by Crippen LogP contribution is 2.37. The van der Waals surface area contributed by atoms with Gasteiger partial charge in [-0.15, -0.1) is 0 Å². The zero-order valence-electron chi connectivity index (χ0n) is 18.5. The Kier molecular flexibility index (Phi) is 6.81. The molecule has 30 heavy (non-hydrogen) atoms. The average Bonchev–Trinajstić information content (AvgIpc) is 2.69. The van der Waals surface area contributed by atoms with E-state index in [9.17, 15) is 10.2 Å². The summed E-state index contributed by atoms with van der Waals surface area (Å²) in [5.74, 6) is 0. The Labute approximate surface area is 179 Å². The first-order valence-corrected chi connectivity index (χ1v) is 10.4. The minimum Gasteiger partial charge on any atom is -0.397 e. The Bertz CT molecular complexity index is 744. The molecule has 8 heteroatoms. The molecule has 5 N–H and O–H groups in total. The SMILES string of the molecule is CN(C)c1cc(N2CC(CO)(CO)C2)ccc1/C(N)=C/NCC1OCC(C)(C)CO1. The number of aliphatic hydroxyl groups excluding tert-OH is 2. The van der Waals surface area contributed by atoms with Crippen molar-refractivity contribution >= 4 is 17.1 Å². The Morgan fingerprint density at radius 3 is 2.43 bits per heavy atom. The van der Waals surface area contributed by atoms with E-state index in [2.05, 4.69) is 30.1 Å². The molecule has 0 bridgehead atoms. The van der Waals surface area contributed by atoms with Crippen LogP contribution < -0.4 is 20.9 Å². The van der Waals surface area contributed by atoms with E-state index in [4.69, 9.17) is 15.2 Å². The van der Waals surface area contributed by atoms with Crippen LogP contribution in [0.2, 0.25) is 0 Å². The number of benzene rings is 1. The third-order valence-electron chi connectivity index (χ3n) is 5.72. The molecule has 0 atom stereocenters. The predicted molar refractivity (Wildman–Crippen MR) is 119 cm³/mol. The summed E-state index contributed by atoms with van der Waals surface area (Å²) in [7, 11) is 3.97. The normalized spacial score (nSPS) is 21.3. The van der Waals surface area contributed by atoms with Crippen LogP contribution >= 0.6 is 0 Å². The highest BCUT2D eigenvalue weighted by molar-refractivity contribution is 5.78. The number of nitrogens with zero attached hydrogens (tertiary/aromatic N) is 2. The Hall–Kier alpha value is -2.00. The summed E-state index contributed by atoms with van der Waals surface area (Å²) in [5, 5.41) is 22.2. The first-order valence-electron chi connectivity index (χ1n) is 10.4. The van der Waals surface area contributed by atoms with E-state index in [0.717, 1.165) is 16.9 Å². The summed E-state index contributed by atoms with van der Waals surface area (Å²) in [6, 6.07) is 6.12. The summed E-state index contributed by atoms with van der Waals surface area (Å²) in [6.45, 7) is 7.38. The summed E-state index contributed by atoms with van der Waals surface area (Å²) in [5.41, 5.74) is 9.62. The summed E-state index contributed by atoms with van der Waals surface area (Å²) >= 11 is 0. The fraction of sp³-hybridized carbons (Fsp3) is 0.636. The van der Waals surface area contributed by atoms with Gasteiger partial charge in [0, 0.05) is 55.7 Å². The number of aliphatic hydroxyl groups is 2. The number of ether oxygens (including phenoxy) is 2. The van der Waals surface area contributed by atoms with Crippen molar-refractivity contribution in [2.45, 2.75) is 20.1 Å². The lowest BCUT2D eigenvalue weighted by Gasteiger charge is -2.49.